The number of fused-ring (bicyclic) bond motifs is 1. The topological polar surface area (TPSA) is 55.3 Å². The van der Waals surface area contributed by atoms with Crippen LogP contribution in [0.3, 0.4) is 0 Å². The molecule has 30 heavy (non-hydrogen) atoms. The zero-order valence-corrected chi connectivity index (χ0v) is 16.8. The van der Waals surface area contributed by atoms with E-state index in [-0.39, 0.29) is 23.4 Å². The molecule has 2 heterocycles. The molecule has 0 saturated carbocycles. The highest BCUT2D eigenvalue weighted by atomic mass is 19.4. The lowest BCUT2D eigenvalue weighted by Gasteiger charge is -2.31. The predicted molar refractivity (Wildman–Crippen MR) is 102 cm³/mol. The van der Waals surface area contributed by atoms with Crippen LogP contribution in [0.1, 0.15) is 48.8 Å². The Kier molecular flexibility index (Phi) is 5.58. The first-order valence-corrected chi connectivity index (χ1v) is 9.24. The van der Waals surface area contributed by atoms with Gasteiger partial charge in [-0.2, -0.15) is 13.2 Å². The van der Waals surface area contributed by atoms with Gasteiger partial charge < -0.3 is 9.64 Å². The second kappa shape index (κ2) is 7.70. The van der Waals surface area contributed by atoms with E-state index in [0.717, 1.165) is 12.1 Å². The van der Waals surface area contributed by atoms with Crippen molar-refractivity contribution in [3.05, 3.63) is 65.0 Å². The van der Waals surface area contributed by atoms with E-state index >= 15 is 0 Å². The molecule has 3 rings (SSSR count). The molecule has 0 spiro atoms. The van der Waals surface area contributed by atoms with E-state index in [1.165, 1.54) is 11.2 Å². The molecule has 0 atom stereocenters. The quantitative estimate of drug-likeness (QED) is 0.639. The lowest BCUT2D eigenvalue weighted by atomic mass is 9.92. The number of hydrogen-bond donors (Lipinski definition) is 0. The van der Waals surface area contributed by atoms with E-state index < -0.39 is 29.3 Å². The maximum Gasteiger partial charge on any atom is 0.417 e. The highest BCUT2D eigenvalue weighted by molar-refractivity contribution is 5.80. The smallest absolute Gasteiger partial charge is 0.417 e. The summed E-state index contributed by atoms with van der Waals surface area (Å²) >= 11 is 0. The minimum atomic E-state index is -4.75. The van der Waals surface area contributed by atoms with Crippen molar-refractivity contribution in [2.75, 3.05) is 6.54 Å². The summed E-state index contributed by atoms with van der Waals surface area (Å²) in [7, 11) is 0. The Morgan fingerprint density at radius 2 is 1.90 bits per heavy atom. The van der Waals surface area contributed by atoms with Gasteiger partial charge in [-0.3, -0.25) is 0 Å². The molecule has 160 valence electrons. The molecule has 0 aliphatic carbocycles. The summed E-state index contributed by atoms with van der Waals surface area (Å²) in [6.45, 7) is 9.50. The summed E-state index contributed by atoms with van der Waals surface area (Å²) in [5.41, 5.74) is -0.634. The zero-order chi connectivity index (χ0) is 22.3. The third-order valence-electron chi connectivity index (χ3n) is 4.56. The standard InChI is InChI=1S/C21H21F4N3O2/c1-12(14-6-5-13(22)9-16(14)21(23,24)25)18-15-7-8-28(10-17(15)26-11-27-18)19(29)30-20(2,3)4/h5-6,9,11H,1,7-8,10H2,2-4H3. The van der Waals surface area contributed by atoms with Crippen LogP contribution in [-0.4, -0.2) is 33.1 Å². The van der Waals surface area contributed by atoms with Gasteiger partial charge in [0.1, 0.15) is 17.7 Å². The highest BCUT2D eigenvalue weighted by Crippen LogP contribution is 2.38. The van der Waals surface area contributed by atoms with Crippen molar-refractivity contribution < 1.29 is 27.1 Å². The van der Waals surface area contributed by atoms with Gasteiger partial charge in [0.05, 0.1) is 23.5 Å². The molecule has 0 saturated heterocycles. The van der Waals surface area contributed by atoms with E-state index in [4.69, 9.17) is 4.74 Å². The predicted octanol–water partition coefficient (Wildman–Crippen LogP) is 4.99. The molecule has 1 aliphatic rings. The molecule has 5 nitrogen and oxygen atoms in total. The van der Waals surface area contributed by atoms with E-state index in [1.807, 2.05) is 0 Å². The number of alkyl halides is 3. The summed E-state index contributed by atoms with van der Waals surface area (Å²) in [5, 5.41) is 0. The van der Waals surface area contributed by atoms with Crippen LogP contribution in [0.25, 0.3) is 5.57 Å². The average Bonchev–Trinajstić information content (AvgIpc) is 2.64. The highest BCUT2D eigenvalue weighted by Gasteiger charge is 2.35. The lowest BCUT2D eigenvalue weighted by Crippen LogP contribution is -2.40. The summed E-state index contributed by atoms with van der Waals surface area (Å²) in [6.07, 6.45) is -3.70. The van der Waals surface area contributed by atoms with Crippen LogP contribution in [0, 0.1) is 5.82 Å². The van der Waals surface area contributed by atoms with Gasteiger partial charge in [-0.25, -0.2) is 19.2 Å². The molecule has 9 heteroatoms. The Hall–Kier alpha value is -2.97. The number of halogens is 4. The maximum atomic E-state index is 13.4. The molecule has 0 N–H and O–H groups in total. The Labute approximate surface area is 171 Å². The number of rotatable bonds is 2. The SMILES string of the molecule is C=C(c1ccc(F)cc1C(F)(F)F)c1ncnc2c1CCN(C(=O)OC(C)(C)C)C2. The van der Waals surface area contributed by atoms with E-state index in [1.54, 1.807) is 20.8 Å². The molecular weight excluding hydrogens is 402 g/mol. The van der Waals surface area contributed by atoms with Crippen LogP contribution in [-0.2, 0) is 23.9 Å². The van der Waals surface area contributed by atoms with Crippen molar-refractivity contribution in [2.45, 2.75) is 45.5 Å². The normalized spacial score (nSPS) is 14.3. The first-order chi connectivity index (χ1) is 13.9. The molecule has 1 aromatic carbocycles. The Bertz CT molecular complexity index is 997. The van der Waals surface area contributed by atoms with Gasteiger partial charge in [0.15, 0.2) is 0 Å². The summed E-state index contributed by atoms with van der Waals surface area (Å²) in [5.74, 6) is -0.989. The third-order valence-corrected chi connectivity index (χ3v) is 4.56. The fraction of sp³-hybridized carbons (Fsp3) is 0.381. The fourth-order valence-corrected chi connectivity index (χ4v) is 3.24. The number of carbonyl (C=O) groups is 1. The summed E-state index contributed by atoms with van der Waals surface area (Å²) in [6, 6.07) is 2.44. The maximum absolute atomic E-state index is 13.4. The minimum Gasteiger partial charge on any atom is -0.444 e. The molecule has 0 unspecified atom stereocenters. The molecule has 2 aromatic rings. The van der Waals surface area contributed by atoms with Crippen LogP contribution >= 0.6 is 0 Å². The van der Waals surface area contributed by atoms with E-state index in [2.05, 4.69) is 16.5 Å². The zero-order valence-electron chi connectivity index (χ0n) is 16.8. The van der Waals surface area contributed by atoms with Gasteiger partial charge in [-0.15, -0.1) is 0 Å². The van der Waals surface area contributed by atoms with Gasteiger partial charge in [-0.05, 0) is 44.9 Å². The number of carbonyl (C=O) groups excluding carboxylic acids is 1. The number of benzene rings is 1. The second-order valence-electron chi connectivity index (χ2n) is 7.97. The van der Waals surface area contributed by atoms with Crippen molar-refractivity contribution in [1.82, 2.24) is 14.9 Å². The summed E-state index contributed by atoms with van der Waals surface area (Å²) in [4.78, 5) is 22.1. The van der Waals surface area contributed by atoms with Crippen molar-refractivity contribution in [3.8, 4) is 0 Å². The van der Waals surface area contributed by atoms with Gasteiger partial charge in [0.2, 0.25) is 0 Å². The van der Waals surface area contributed by atoms with E-state index in [0.29, 0.717) is 30.3 Å². The Balaban J connectivity index is 1.94. The van der Waals surface area contributed by atoms with Gasteiger partial charge >= 0.3 is 12.3 Å². The molecule has 1 aromatic heterocycles. The second-order valence-corrected chi connectivity index (χ2v) is 7.97. The van der Waals surface area contributed by atoms with Crippen molar-refractivity contribution in [2.24, 2.45) is 0 Å². The molecule has 0 bridgehead atoms. The Morgan fingerprint density at radius 3 is 2.53 bits per heavy atom. The largest absolute Gasteiger partial charge is 0.444 e. The number of amides is 1. The first-order valence-electron chi connectivity index (χ1n) is 9.24. The summed E-state index contributed by atoms with van der Waals surface area (Å²) < 4.78 is 59.1. The number of ether oxygens (including phenoxy) is 1. The van der Waals surface area contributed by atoms with Gasteiger partial charge in [-0.1, -0.05) is 12.6 Å². The monoisotopic (exact) mass is 423 g/mol. The van der Waals surface area contributed by atoms with Crippen LogP contribution in [0.4, 0.5) is 22.4 Å². The van der Waals surface area contributed by atoms with Gasteiger partial charge in [0.25, 0.3) is 0 Å². The fourth-order valence-electron chi connectivity index (χ4n) is 3.24. The van der Waals surface area contributed by atoms with E-state index in [9.17, 15) is 22.4 Å². The molecular formula is C21H21F4N3O2. The van der Waals surface area contributed by atoms with Crippen LogP contribution in [0.15, 0.2) is 31.1 Å². The number of nitrogens with zero attached hydrogens (tertiary/aromatic N) is 3. The lowest BCUT2D eigenvalue weighted by molar-refractivity contribution is -0.137. The van der Waals surface area contributed by atoms with Crippen molar-refractivity contribution in [1.29, 1.82) is 0 Å². The van der Waals surface area contributed by atoms with Crippen molar-refractivity contribution >= 4 is 11.7 Å². The molecule has 0 fully saturated rings. The van der Waals surface area contributed by atoms with Crippen LogP contribution in [0.2, 0.25) is 0 Å². The number of hydrogen-bond acceptors (Lipinski definition) is 4. The Morgan fingerprint density at radius 1 is 1.20 bits per heavy atom. The molecule has 1 amide bonds. The van der Waals surface area contributed by atoms with Crippen LogP contribution in [0.5, 0.6) is 0 Å². The average molecular weight is 423 g/mol. The first kappa shape index (κ1) is 21.7. The minimum absolute atomic E-state index is 0.0201. The molecule has 1 aliphatic heterocycles. The third kappa shape index (κ3) is 4.60. The van der Waals surface area contributed by atoms with Crippen LogP contribution < -0.4 is 0 Å². The number of aromatic nitrogens is 2. The van der Waals surface area contributed by atoms with Crippen molar-refractivity contribution in [3.63, 3.8) is 0 Å². The molecule has 0 radical (unpaired) electrons. The van der Waals surface area contributed by atoms with Gasteiger partial charge in [0, 0.05) is 17.7 Å².